The normalized spacial score (nSPS) is 15.3. The van der Waals surface area contributed by atoms with E-state index in [0.29, 0.717) is 0 Å². The van der Waals surface area contributed by atoms with Crippen molar-refractivity contribution >= 4 is 11.6 Å². The van der Waals surface area contributed by atoms with Crippen LogP contribution in [0.5, 0.6) is 0 Å². The molecule has 0 amide bonds. The van der Waals surface area contributed by atoms with E-state index in [-0.39, 0.29) is 11.1 Å². The van der Waals surface area contributed by atoms with Crippen LogP contribution in [0.25, 0.3) is 0 Å². The van der Waals surface area contributed by atoms with Crippen molar-refractivity contribution in [1.82, 2.24) is 0 Å². The van der Waals surface area contributed by atoms with E-state index in [1.165, 1.54) is 12.1 Å². The molecule has 3 heteroatoms. The predicted octanol–water partition coefficient (Wildman–Crippen LogP) is 1.92. The Labute approximate surface area is 73.7 Å². The van der Waals surface area contributed by atoms with E-state index in [1.807, 2.05) is 0 Å². The second-order valence-electron chi connectivity index (χ2n) is 2.73. The van der Waals surface area contributed by atoms with Crippen LogP contribution in [-0.2, 0) is 0 Å². The molecule has 2 rings (SSSR count). The maximum absolute atomic E-state index is 12.8. The maximum atomic E-state index is 12.8. The van der Waals surface area contributed by atoms with Crippen molar-refractivity contribution in [3.63, 3.8) is 0 Å². The average Bonchev–Trinajstić information content (AvgIpc) is 2.15. The second-order valence-corrected chi connectivity index (χ2v) is 2.73. The van der Waals surface area contributed by atoms with Crippen LogP contribution in [-0.4, -0.2) is 11.6 Å². The summed E-state index contributed by atoms with van der Waals surface area (Å²) in [6, 6.07) is 6.20. The lowest BCUT2D eigenvalue weighted by molar-refractivity contribution is 0.0963. The minimum Gasteiger partial charge on any atom is -0.289 e. The third-order valence-corrected chi connectivity index (χ3v) is 1.91. The van der Waals surface area contributed by atoms with Gasteiger partial charge in [-0.2, -0.15) is 0 Å². The molecule has 1 aliphatic carbocycles. The van der Waals surface area contributed by atoms with Gasteiger partial charge in [0.15, 0.2) is 11.6 Å². The Kier molecular flexibility index (Phi) is 1.59. The summed E-state index contributed by atoms with van der Waals surface area (Å²) in [6.45, 7) is 0. The first-order valence-corrected chi connectivity index (χ1v) is 3.75. The van der Waals surface area contributed by atoms with E-state index >= 15 is 0 Å². The molecule has 0 heterocycles. The summed E-state index contributed by atoms with van der Waals surface area (Å²) in [5.41, 5.74) is 0.418. The van der Waals surface area contributed by atoms with Gasteiger partial charge in [0.1, 0.15) is 0 Å². The van der Waals surface area contributed by atoms with E-state index in [0.717, 1.165) is 6.08 Å². The summed E-state index contributed by atoms with van der Waals surface area (Å²) in [5.74, 6) is -2.15. The molecular weight excluding hydrogens is 171 g/mol. The topological polar surface area (TPSA) is 34.1 Å². The largest absolute Gasteiger partial charge is 0.289 e. The summed E-state index contributed by atoms with van der Waals surface area (Å²) in [4.78, 5) is 22.3. The zero-order chi connectivity index (χ0) is 9.42. The first-order chi connectivity index (χ1) is 6.20. The van der Waals surface area contributed by atoms with Gasteiger partial charge in [0, 0.05) is 17.2 Å². The monoisotopic (exact) mass is 176 g/mol. The number of hydrogen-bond donors (Lipinski definition) is 0. The third kappa shape index (κ3) is 1.09. The molecule has 0 unspecified atom stereocenters. The molecule has 0 saturated heterocycles. The molecule has 0 bridgehead atoms. The molecule has 0 aliphatic heterocycles. The fourth-order valence-electron chi connectivity index (χ4n) is 1.28. The van der Waals surface area contributed by atoms with Crippen LogP contribution in [0, 0.1) is 0 Å². The quantitative estimate of drug-likeness (QED) is 0.605. The summed E-state index contributed by atoms with van der Waals surface area (Å²) in [7, 11) is 0. The molecule has 1 aliphatic rings. The van der Waals surface area contributed by atoms with Gasteiger partial charge in [-0.3, -0.25) is 9.59 Å². The molecule has 13 heavy (non-hydrogen) atoms. The maximum Gasteiger partial charge on any atom is 0.222 e. The minimum atomic E-state index is -0.983. The van der Waals surface area contributed by atoms with E-state index in [4.69, 9.17) is 0 Å². The van der Waals surface area contributed by atoms with Crippen molar-refractivity contribution in [2.45, 2.75) is 0 Å². The lowest BCUT2D eigenvalue weighted by atomic mass is 9.94. The van der Waals surface area contributed by atoms with Crippen molar-refractivity contribution in [3.8, 4) is 0 Å². The molecular formula is C10H5FO2. The molecule has 1 aromatic rings. The van der Waals surface area contributed by atoms with Crippen LogP contribution in [0.1, 0.15) is 20.7 Å². The second kappa shape index (κ2) is 2.62. The van der Waals surface area contributed by atoms with E-state index in [9.17, 15) is 14.0 Å². The van der Waals surface area contributed by atoms with Gasteiger partial charge in [-0.15, -0.1) is 0 Å². The molecule has 0 atom stereocenters. The molecule has 0 radical (unpaired) electrons. The Morgan fingerprint density at radius 2 is 1.62 bits per heavy atom. The highest BCUT2D eigenvalue weighted by Crippen LogP contribution is 2.21. The molecule has 64 valence electrons. The number of carbonyl (C=O) groups is 2. The van der Waals surface area contributed by atoms with Crippen molar-refractivity contribution in [3.05, 3.63) is 47.3 Å². The number of fused-ring (bicyclic) bond motifs is 1. The number of halogens is 1. The lowest BCUT2D eigenvalue weighted by Gasteiger charge is -2.08. The van der Waals surface area contributed by atoms with E-state index in [1.54, 1.807) is 12.1 Å². The average molecular weight is 176 g/mol. The summed E-state index contributed by atoms with van der Waals surface area (Å²) in [6.07, 6.45) is 0.727. The lowest BCUT2D eigenvalue weighted by Crippen LogP contribution is -2.14. The molecule has 2 nitrogen and oxygen atoms in total. The zero-order valence-electron chi connectivity index (χ0n) is 6.58. The summed E-state index contributed by atoms with van der Waals surface area (Å²) < 4.78 is 12.8. The first-order valence-electron chi connectivity index (χ1n) is 3.75. The standard InChI is InChI=1S/C10H5FO2/c11-8-5-9(12)6-3-1-2-4-7(6)10(8)13/h1-5H. The Balaban J connectivity index is 2.69. The van der Waals surface area contributed by atoms with Crippen molar-refractivity contribution in [1.29, 1.82) is 0 Å². The van der Waals surface area contributed by atoms with Crippen molar-refractivity contribution < 1.29 is 14.0 Å². The SMILES string of the molecule is O=C1C=C(F)C(=O)c2ccccc21. The molecule has 0 fully saturated rings. The fraction of sp³-hybridized carbons (Fsp3) is 0. The number of ketones is 2. The van der Waals surface area contributed by atoms with Gasteiger partial charge in [-0.05, 0) is 0 Å². The van der Waals surface area contributed by atoms with E-state index in [2.05, 4.69) is 0 Å². The van der Waals surface area contributed by atoms with Crippen molar-refractivity contribution in [2.75, 3.05) is 0 Å². The smallest absolute Gasteiger partial charge is 0.222 e. The van der Waals surface area contributed by atoms with Crippen molar-refractivity contribution in [2.24, 2.45) is 0 Å². The highest BCUT2D eigenvalue weighted by Gasteiger charge is 2.24. The summed E-state index contributed by atoms with van der Waals surface area (Å²) in [5, 5.41) is 0. The van der Waals surface area contributed by atoms with Crippen LogP contribution in [0.4, 0.5) is 4.39 Å². The Morgan fingerprint density at radius 1 is 1.00 bits per heavy atom. The molecule has 0 spiro atoms. The van der Waals surface area contributed by atoms with Gasteiger partial charge in [0.25, 0.3) is 0 Å². The molecule has 0 N–H and O–H groups in total. The Hall–Kier alpha value is -1.77. The zero-order valence-corrected chi connectivity index (χ0v) is 6.58. The van der Waals surface area contributed by atoms with Gasteiger partial charge in [0.05, 0.1) is 0 Å². The number of hydrogen-bond acceptors (Lipinski definition) is 2. The third-order valence-electron chi connectivity index (χ3n) is 1.91. The Morgan fingerprint density at radius 3 is 2.31 bits per heavy atom. The van der Waals surface area contributed by atoms with Crippen LogP contribution >= 0.6 is 0 Å². The van der Waals surface area contributed by atoms with Gasteiger partial charge >= 0.3 is 0 Å². The minimum absolute atomic E-state index is 0.146. The van der Waals surface area contributed by atoms with Crippen LogP contribution in [0.2, 0.25) is 0 Å². The molecule has 0 aromatic heterocycles. The summed E-state index contributed by atoms with van der Waals surface area (Å²) >= 11 is 0. The fourth-order valence-corrected chi connectivity index (χ4v) is 1.28. The van der Waals surface area contributed by atoms with Gasteiger partial charge in [0.2, 0.25) is 5.78 Å². The number of Topliss-reactive ketones (excluding diaryl/α,β-unsaturated/α-hetero) is 1. The number of benzene rings is 1. The number of rotatable bonds is 0. The predicted molar refractivity (Wildman–Crippen MR) is 44.3 cm³/mol. The van der Waals surface area contributed by atoms with Gasteiger partial charge in [-0.25, -0.2) is 4.39 Å². The van der Waals surface area contributed by atoms with Gasteiger partial charge in [-0.1, -0.05) is 24.3 Å². The molecule has 1 aromatic carbocycles. The number of carbonyl (C=O) groups excluding carboxylic acids is 2. The van der Waals surface area contributed by atoms with Gasteiger partial charge < -0.3 is 0 Å². The van der Waals surface area contributed by atoms with Crippen LogP contribution < -0.4 is 0 Å². The van der Waals surface area contributed by atoms with Crippen LogP contribution in [0.15, 0.2) is 36.2 Å². The highest BCUT2D eigenvalue weighted by molar-refractivity contribution is 6.23. The van der Waals surface area contributed by atoms with Crippen LogP contribution in [0.3, 0.4) is 0 Å². The van der Waals surface area contributed by atoms with E-state index < -0.39 is 17.4 Å². The molecule has 0 saturated carbocycles. The first kappa shape index (κ1) is 7.86. The Bertz CT molecular complexity index is 432. The highest BCUT2D eigenvalue weighted by atomic mass is 19.1. The number of allylic oxidation sites excluding steroid dienone is 2.